The summed E-state index contributed by atoms with van der Waals surface area (Å²) in [5.41, 5.74) is 5.52. The van der Waals surface area contributed by atoms with Gasteiger partial charge in [-0.25, -0.2) is 4.79 Å². The third-order valence-electron chi connectivity index (χ3n) is 2.19. The predicted molar refractivity (Wildman–Crippen MR) is 54.7 cm³/mol. The second-order valence-corrected chi connectivity index (χ2v) is 3.47. The molecule has 0 aliphatic carbocycles. The van der Waals surface area contributed by atoms with Crippen molar-refractivity contribution in [3.8, 4) is 0 Å². The summed E-state index contributed by atoms with van der Waals surface area (Å²) in [6, 6.07) is 1.51. The Labute approximate surface area is 92.7 Å². The molecule has 16 heavy (non-hydrogen) atoms. The Hall–Kier alpha value is -1.85. The van der Waals surface area contributed by atoms with E-state index in [1.165, 1.54) is 6.07 Å². The van der Waals surface area contributed by atoms with Crippen LogP contribution in [0.4, 0.5) is 0 Å². The molecule has 6 heteroatoms. The molecule has 0 bridgehead atoms. The Balaban J connectivity index is 2.63. The first-order valence-electron chi connectivity index (χ1n) is 4.96. The number of hydrogen-bond donors (Lipinski definition) is 1. The third-order valence-corrected chi connectivity index (χ3v) is 2.19. The Kier molecular flexibility index (Phi) is 4.04. The maximum absolute atomic E-state index is 11.3. The van der Waals surface area contributed by atoms with E-state index in [0.717, 1.165) is 6.42 Å². The van der Waals surface area contributed by atoms with Gasteiger partial charge in [0.1, 0.15) is 0 Å². The molecule has 0 radical (unpaired) electrons. The van der Waals surface area contributed by atoms with Gasteiger partial charge >= 0.3 is 5.97 Å². The van der Waals surface area contributed by atoms with Crippen molar-refractivity contribution < 1.29 is 18.8 Å². The highest BCUT2D eigenvalue weighted by Gasteiger charge is 2.17. The highest BCUT2D eigenvalue weighted by molar-refractivity contribution is 5.88. The summed E-state index contributed by atoms with van der Waals surface area (Å²) in [7, 11) is 0. The summed E-state index contributed by atoms with van der Waals surface area (Å²) in [6.07, 6.45) is 0.891. The lowest BCUT2D eigenvalue weighted by atomic mass is 10.1. The standard InChI is InChI=1S/C10H14N2O4/c1-3-6(2)7-4-8(16-12-7)10(14)15-5-9(11)13/h4,6H,3,5H2,1-2H3,(H2,11,13). The molecule has 0 fully saturated rings. The molecule has 2 N–H and O–H groups in total. The molecule has 0 saturated heterocycles. The first kappa shape index (κ1) is 12.2. The zero-order chi connectivity index (χ0) is 12.1. The van der Waals surface area contributed by atoms with E-state index in [1.54, 1.807) is 0 Å². The van der Waals surface area contributed by atoms with Crippen LogP contribution in [0.1, 0.15) is 42.4 Å². The molecule has 0 aliphatic heterocycles. The van der Waals surface area contributed by atoms with E-state index in [0.29, 0.717) is 5.69 Å². The number of nitrogens with two attached hydrogens (primary N) is 1. The van der Waals surface area contributed by atoms with Crippen molar-refractivity contribution in [1.29, 1.82) is 0 Å². The lowest BCUT2D eigenvalue weighted by Crippen LogP contribution is -2.20. The zero-order valence-corrected chi connectivity index (χ0v) is 9.23. The van der Waals surface area contributed by atoms with E-state index >= 15 is 0 Å². The van der Waals surface area contributed by atoms with E-state index in [-0.39, 0.29) is 11.7 Å². The normalized spacial score (nSPS) is 12.1. The van der Waals surface area contributed by atoms with Gasteiger partial charge in [0.25, 0.3) is 5.91 Å². The Morgan fingerprint density at radius 2 is 2.31 bits per heavy atom. The van der Waals surface area contributed by atoms with Crippen molar-refractivity contribution in [1.82, 2.24) is 5.16 Å². The van der Waals surface area contributed by atoms with Crippen LogP contribution in [0.3, 0.4) is 0 Å². The van der Waals surface area contributed by atoms with Crippen molar-refractivity contribution >= 4 is 11.9 Å². The molecule has 0 aromatic carbocycles. The first-order chi connectivity index (χ1) is 7.54. The van der Waals surface area contributed by atoms with Gasteiger partial charge in [-0.2, -0.15) is 0 Å². The number of esters is 1. The molecular weight excluding hydrogens is 212 g/mol. The van der Waals surface area contributed by atoms with Crippen molar-refractivity contribution in [2.45, 2.75) is 26.2 Å². The highest BCUT2D eigenvalue weighted by Crippen LogP contribution is 2.18. The fraction of sp³-hybridized carbons (Fsp3) is 0.500. The lowest BCUT2D eigenvalue weighted by molar-refractivity contribution is -0.121. The van der Waals surface area contributed by atoms with E-state index in [1.807, 2.05) is 13.8 Å². The molecule has 88 valence electrons. The summed E-state index contributed by atoms with van der Waals surface area (Å²) in [6.45, 7) is 3.51. The average molecular weight is 226 g/mol. The van der Waals surface area contributed by atoms with Crippen LogP contribution in [0.25, 0.3) is 0 Å². The molecule has 1 unspecified atom stereocenters. The van der Waals surface area contributed by atoms with Crippen molar-refractivity contribution in [3.63, 3.8) is 0 Å². The molecule has 1 rings (SSSR count). The summed E-state index contributed by atoms with van der Waals surface area (Å²) in [5, 5.41) is 3.74. The molecular formula is C10H14N2O4. The highest BCUT2D eigenvalue weighted by atomic mass is 16.6. The molecule has 1 amide bonds. The number of carbonyl (C=O) groups is 2. The summed E-state index contributed by atoms with van der Waals surface area (Å²) in [4.78, 5) is 21.7. The molecule has 0 spiro atoms. The molecule has 6 nitrogen and oxygen atoms in total. The van der Waals surface area contributed by atoms with Gasteiger partial charge in [-0.15, -0.1) is 0 Å². The number of aromatic nitrogens is 1. The van der Waals surface area contributed by atoms with Crippen LogP contribution >= 0.6 is 0 Å². The maximum Gasteiger partial charge on any atom is 0.377 e. The monoisotopic (exact) mass is 226 g/mol. The number of rotatable bonds is 5. The van der Waals surface area contributed by atoms with Crippen LogP contribution in [0, 0.1) is 0 Å². The number of primary amides is 1. The Morgan fingerprint density at radius 1 is 1.62 bits per heavy atom. The van der Waals surface area contributed by atoms with E-state index < -0.39 is 18.5 Å². The fourth-order valence-electron chi connectivity index (χ4n) is 1.03. The van der Waals surface area contributed by atoms with E-state index in [9.17, 15) is 9.59 Å². The molecule has 1 heterocycles. The van der Waals surface area contributed by atoms with Gasteiger partial charge in [-0.05, 0) is 6.42 Å². The quantitative estimate of drug-likeness (QED) is 0.750. The van der Waals surface area contributed by atoms with Gasteiger partial charge in [0, 0.05) is 12.0 Å². The fourth-order valence-corrected chi connectivity index (χ4v) is 1.03. The van der Waals surface area contributed by atoms with E-state index in [4.69, 9.17) is 10.3 Å². The van der Waals surface area contributed by atoms with Crippen molar-refractivity contribution in [2.75, 3.05) is 6.61 Å². The minimum atomic E-state index is -0.735. The molecule has 0 saturated carbocycles. The van der Waals surface area contributed by atoms with Crippen LogP contribution in [0.15, 0.2) is 10.6 Å². The smallest absolute Gasteiger partial charge is 0.377 e. The number of carbonyl (C=O) groups excluding carboxylic acids is 2. The summed E-state index contributed by atoms with van der Waals surface area (Å²) >= 11 is 0. The van der Waals surface area contributed by atoms with E-state index in [2.05, 4.69) is 9.89 Å². The van der Waals surface area contributed by atoms with Gasteiger partial charge < -0.3 is 15.0 Å². The summed E-state index contributed by atoms with van der Waals surface area (Å²) in [5.74, 6) is -1.26. The SMILES string of the molecule is CCC(C)c1cc(C(=O)OCC(N)=O)on1. The topological polar surface area (TPSA) is 95.4 Å². The van der Waals surface area contributed by atoms with Crippen LogP contribution in [-0.4, -0.2) is 23.6 Å². The third kappa shape index (κ3) is 3.08. The van der Waals surface area contributed by atoms with Gasteiger partial charge in [-0.1, -0.05) is 19.0 Å². The predicted octanol–water partition coefficient (Wildman–Crippen LogP) is 0.830. The van der Waals surface area contributed by atoms with Crippen LogP contribution in [0.2, 0.25) is 0 Å². The number of ether oxygens (including phenoxy) is 1. The second kappa shape index (κ2) is 5.29. The van der Waals surface area contributed by atoms with Crippen LogP contribution < -0.4 is 5.73 Å². The Bertz CT molecular complexity index is 386. The first-order valence-corrected chi connectivity index (χ1v) is 4.96. The van der Waals surface area contributed by atoms with Crippen molar-refractivity contribution in [2.24, 2.45) is 5.73 Å². The Morgan fingerprint density at radius 3 is 2.88 bits per heavy atom. The average Bonchev–Trinajstić information content (AvgIpc) is 2.74. The molecule has 0 aliphatic rings. The number of nitrogens with zero attached hydrogens (tertiary/aromatic N) is 1. The second-order valence-electron chi connectivity index (χ2n) is 3.47. The maximum atomic E-state index is 11.3. The van der Waals surface area contributed by atoms with Gasteiger partial charge in [0.2, 0.25) is 5.76 Å². The molecule has 1 aromatic rings. The van der Waals surface area contributed by atoms with Gasteiger partial charge in [0.15, 0.2) is 6.61 Å². The largest absolute Gasteiger partial charge is 0.450 e. The minimum Gasteiger partial charge on any atom is -0.450 e. The molecule has 1 aromatic heterocycles. The minimum absolute atomic E-state index is 0.0171. The lowest BCUT2D eigenvalue weighted by Gasteiger charge is -2.00. The van der Waals surface area contributed by atoms with Gasteiger partial charge in [-0.3, -0.25) is 4.79 Å². The van der Waals surface area contributed by atoms with Crippen molar-refractivity contribution in [3.05, 3.63) is 17.5 Å². The summed E-state index contributed by atoms with van der Waals surface area (Å²) < 4.78 is 9.37. The molecule has 1 atom stereocenters. The number of amides is 1. The van der Waals surface area contributed by atoms with Crippen LogP contribution in [0.5, 0.6) is 0 Å². The zero-order valence-electron chi connectivity index (χ0n) is 9.23. The van der Waals surface area contributed by atoms with Crippen LogP contribution in [-0.2, 0) is 9.53 Å². The number of hydrogen-bond acceptors (Lipinski definition) is 5. The van der Waals surface area contributed by atoms with Gasteiger partial charge in [0.05, 0.1) is 5.69 Å².